The molecule has 1 aromatic heterocycles. The van der Waals surface area contributed by atoms with Gasteiger partial charge in [0, 0.05) is 25.2 Å². The molecule has 7 heteroatoms. The Labute approximate surface area is 158 Å². The standard InChI is InChI=1S/C20H24N4O3/c1-13-7-4-5-9-17(13)27-18-11-14(2)22-20(23-18)16-8-6-10-24(16)19(26)12-21-15(3)25/h4-5,7,9,11,16H,6,8,10,12H2,1-3H3,(H,21,25)/t16-/m0/s1. The van der Waals surface area contributed by atoms with Crippen molar-refractivity contribution < 1.29 is 14.3 Å². The van der Waals surface area contributed by atoms with Crippen molar-refractivity contribution in [1.29, 1.82) is 0 Å². The molecule has 1 atom stereocenters. The molecule has 1 fully saturated rings. The van der Waals surface area contributed by atoms with Crippen LogP contribution in [0.25, 0.3) is 0 Å². The number of rotatable bonds is 5. The van der Waals surface area contributed by atoms with Gasteiger partial charge in [0.25, 0.3) is 0 Å². The van der Waals surface area contributed by atoms with Crippen LogP contribution >= 0.6 is 0 Å². The Morgan fingerprint density at radius 1 is 1.26 bits per heavy atom. The summed E-state index contributed by atoms with van der Waals surface area (Å²) in [7, 11) is 0. The largest absolute Gasteiger partial charge is 0.439 e. The van der Waals surface area contributed by atoms with Gasteiger partial charge in [-0.1, -0.05) is 18.2 Å². The van der Waals surface area contributed by atoms with E-state index in [1.807, 2.05) is 38.1 Å². The van der Waals surface area contributed by atoms with Crippen LogP contribution in [0.15, 0.2) is 30.3 Å². The first-order chi connectivity index (χ1) is 12.9. The summed E-state index contributed by atoms with van der Waals surface area (Å²) in [5, 5.41) is 2.56. The van der Waals surface area contributed by atoms with Crippen LogP contribution in [0.2, 0.25) is 0 Å². The third kappa shape index (κ3) is 4.61. The van der Waals surface area contributed by atoms with Crippen LogP contribution in [0.5, 0.6) is 11.6 Å². The molecule has 0 bridgehead atoms. The number of nitrogens with zero attached hydrogens (tertiary/aromatic N) is 3. The molecule has 0 spiro atoms. The molecule has 27 heavy (non-hydrogen) atoms. The summed E-state index contributed by atoms with van der Waals surface area (Å²) in [6.45, 7) is 5.88. The average Bonchev–Trinajstić information content (AvgIpc) is 3.11. The molecule has 3 rings (SSSR count). The quantitative estimate of drug-likeness (QED) is 0.877. The molecule has 0 radical (unpaired) electrons. The third-order valence-electron chi connectivity index (χ3n) is 4.52. The number of likely N-dealkylation sites (tertiary alicyclic amines) is 1. The zero-order valence-corrected chi connectivity index (χ0v) is 15.9. The molecule has 2 heterocycles. The van der Waals surface area contributed by atoms with E-state index in [0.717, 1.165) is 29.8 Å². The zero-order valence-electron chi connectivity index (χ0n) is 15.9. The van der Waals surface area contributed by atoms with Gasteiger partial charge in [-0.15, -0.1) is 0 Å². The lowest BCUT2D eigenvalue weighted by Crippen LogP contribution is -2.39. The fourth-order valence-corrected chi connectivity index (χ4v) is 3.18. The fraction of sp³-hybridized carbons (Fsp3) is 0.400. The van der Waals surface area contributed by atoms with Gasteiger partial charge in [0.05, 0.1) is 12.6 Å². The second-order valence-corrected chi connectivity index (χ2v) is 6.73. The predicted molar refractivity (Wildman–Crippen MR) is 100 cm³/mol. The molecule has 2 aromatic rings. The molecule has 1 aromatic carbocycles. The van der Waals surface area contributed by atoms with Gasteiger partial charge in [-0.05, 0) is 38.3 Å². The van der Waals surface area contributed by atoms with E-state index >= 15 is 0 Å². The zero-order chi connectivity index (χ0) is 19.4. The summed E-state index contributed by atoms with van der Waals surface area (Å²) in [6.07, 6.45) is 1.67. The number of carbonyl (C=O) groups excluding carboxylic acids is 2. The van der Waals surface area contributed by atoms with E-state index in [4.69, 9.17) is 4.74 Å². The molecule has 0 aliphatic carbocycles. The van der Waals surface area contributed by atoms with Gasteiger partial charge in [-0.2, -0.15) is 4.98 Å². The summed E-state index contributed by atoms with van der Waals surface area (Å²) in [4.78, 5) is 34.4. The molecule has 7 nitrogen and oxygen atoms in total. The maximum atomic E-state index is 12.5. The summed E-state index contributed by atoms with van der Waals surface area (Å²) < 4.78 is 5.95. The Hall–Kier alpha value is -2.96. The highest BCUT2D eigenvalue weighted by molar-refractivity contribution is 5.84. The second-order valence-electron chi connectivity index (χ2n) is 6.73. The van der Waals surface area contributed by atoms with Crippen LogP contribution in [-0.4, -0.2) is 39.8 Å². The van der Waals surface area contributed by atoms with Crippen LogP contribution in [0.4, 0.5) is 0 Å². The van der Waals surface area contributed by atoms with Gasteiger partial charge >= 0.3 is 0 Å². The van der Waals surface area contributed by atoms with E-state index in [0.29, 0.717) is 18.2 Å². The van der Waals surface area contributed by atoms with Crippen LogP contribution in [0.1, 0.15) is 42.9 Å². The number of aryl methyl sites for hydroxylation is 2. The average molecular weight is 368 g/mol. The Morgan fingerprint density at radius 2 is 2.04 bits per heavy atom. The Morgan fingerprint density at radius 3 is 2.78 bits per heavy atom. The number of carbonyl (C=O) groups is 2. The first-order valence-electron chi connectivity index (χ1n) is 9.07. The maximum absolute atomic E-state index is 12.5. The molecular formula is C20H24N4O3. The fourth-order valence-electron chi connectivity index (χ4n) is 3.18. The minimum absolute atomic E-state index is 0.00971. The molecule has 1 aliphatic rings. The van der Waals surface area contributed by atoms with E-state index in [2.05, 4.69) is 15.3 Å². The lowest BCUT2D eigenvalue weighted by atomic mass is 10.2. The molecule has 2 amide bonds. The monoisotopic (exact) mass is 368 g/mol. The molecule has 0 saturated carbocycles. The molecular weight excluding hydrogens is 344 g/mol. The van der Waals surface area contributed by atoms with Gasteiger partial charge < -0.3 is 15.0 Å². The summed E-state index contributed by atoms with van der Waals surface area (Å²) in [6, 6.07) is 9.32. The molecule has 1 N–H and O–H groups in total. The number of aromatic nitrogens is 2. The van der Waals surface area contributed by atoms with Crippen LogP contribution in [-0.2, 0) is 9.59 Å². The summed E-state index contributed by atoms with van der Waals surface area (Å²) >= 11 is 0. The van der Waals surface area contributed by atoms with Crippen molar-refractivity contribution >= 4 is 11.8 Å². The lowest BCUT2D eigenvalue weighted by molar-refractivity contribution is -0.133. The molecule has 1 aliphatic heterocycles. The summed E-state index contributed by atoms with van der Waals surface area (Å²) in [5.41, 5.74) is 1.80. The Balaban J connectivity index is 1.81. The van der Waals surface area contributed by atoms with Crippen LogP contribution < -0.4 is 10.1 Å². The van der Waals surface area contributed by atoms with Gasteiger partial charge in [0.15, 0.2) is 5.82 Å². The third-order valence-corrected chi connectivity index (χ3v) is 4.52. The highest BCUT2D eigenvalue weighted by Gasteiger charge is 2.32. The lowest BCUT2D eigenvalue weighted by Gasteiger charge is -2.24. The van der Waals surface area contributed by atoms with E-state index in [9.17, 15) is 9.59 Å². The normalized spacial score (nSPS) is 16.3. The number of hydrogen-bond acceptors (Lipinski definition) is 5. The number of nitrogens with one attached hydrogen (secondary N) is 1. The van der Waals surface area contributed by atoms with Crippen molar-refractivity contribution in [3.63, 3.8) is 0 Å². The van der Waals surface area contributed by atoms with E-state index in [1.54, 1.807) is 11.0 Å². The van der Waals surface area contributed by atoms with E-state index in [1.165, 1.54) is 6.92 Å². The topological polar surface area (TPSA) is 84.4 Å². The molecule has 142 valence electrons. The van der Waals surface area contributed by atoms with Crippen molar-refractivity contribution in [2.24, 2.45) is 0 Å². The first-order valence-corrected chi connectivity index (χ1v) is 9.07. The Kier molecular flexibility index (Phi) is 5.69. The van der Waals surface area contributed by atoms with Gasteiger partial charge in [0.2, 0.25) is 17.7 Å². The van der Waals surface area contributed by atoms with Crippen molar-refractivity contribution in [2.75, 3.05) is 13.1 Å². The van der Waals surface area contributed by atoms with Crippen molar-refractivity contribution in [3.05, 3.63) is 47.4 Å². The highest BCUT2D eigenvalue weighted by atomic mass is 16.5. The number of hydrogen-bond donors (Lipinski definition) is 1. The minimum Gasteiger partial charge on any atom is -0.439 e. The Bertz CT molecular complexity index is 853. The first kappa shape index (κ1) is 18.8. The summed E-state index contributed by atoms with van der Waals surface area (Å²) in [5.74, 6) is 1.44. The van der Waals surface area contributed by atoms with E-state index < -0.39 is 0 Å². The maximum Gasteiger partial charge on any atom is 0.242 e. The number of amides is 2. The van der Waals surface area contributed by atoms with Crippen LogP contribution in [0.3, 0.4) is 0 Å². The van der Waals surface area contributed by atoms with Gasteiger partial charge in [0.1, 0.15) is 5.75 Å². The smallest absolute Gasteiger partial charge is 0.242 e. The van der Waals surface area contributed by atoms with Crippen molar-refractivity contribution in [2.45, 2.75) is 39.7 Å². The predicted octanol–water partition coefficient (Wildman–Crippen LogP) is 2.69. The minimum atomic E-state index is -0.222. The van der Waals surface area contributed by atoms with Crippen molar-refractivity contribution in [3.8, 4) is 11.6 Å². The van der Waals surface area contributed by atoms with Gasteiger partial charge in [-0.3, -0.25) is 9.59 Å². The number of para-hydroxylation sites is 1. The van der Waals surface area contributed by atoms with Gasteiger partial charge in [-0.25, -0.2) is 4.98 Å². The number of benzene rings is 1. The second kappa shape index (κ2) is 8.16. The highest BCUT2D eigenvalue weighted by Crippen LogP contribution is 2.32. The van der Waals surface area contributed by atoms with E-state index in [-0.39, 0.29) is 24.4 Å². The SMILES string of the molecule is CC(=O)NCC(=O)N1CCC[C@H]1c1nc(C)cc(Oc2ccccc2C)n1. The van der Waals surface area contributed by atoms with Crippen molar-refractivity contribution in [1.82, 2.24) is 20.2 Å². The molecule has 0 unspecified atom stereocenters. The molecule has 1 saturated heterocycles. The number of ether oxygens (including phenoxy) is 1. The van der Waals surface area contributed by atoms with Crippen LogP contribution in [0, 0.1) is 13.8 Å².